The van der Waals surface area contributed by atoms with Gasteiger partial charge in [0.1, 0.15) is 0 Å². The third-order valence-electron chi connectivity index (χ3n) is 1.97. The van der Waals surface area contributed by atoms with Gasteiger partial charge in [-0.3, -0.25) is 0 Å². The Morgan fingerprint density at radius 2 is 1.70 bits per heavy atom. The summed E-state index contributed by atoms with van der Waals surface area (Å²) in [4.78, 5) is 2.48. The van der Waals surface area contributed by atoms with E-state index in [0.29, 0.717) is 0 Å². The van der Waals surface area contributed by atoms with Gasteiger partial charge in [-0.1, -0.05) is 0 Å². The molecule has 0 N–H and O–H groups in total. The van der Waals surface area contributed by atoms with E-state index in [2.05, 4.69) is 36.5 Å². The first kappa shape index (κ1) is 10.6. The van der Waals surface area contributed by atoms with Crippen LogP contribution >= 0.6 is 0 Å². The zero-order chi connectivity index (χ0) is 7.82. The second kappa shape index (κ2) is 7.66. The van der Waals surface area contributed by atoms with Gasteiger partial charge in [0.05, 0.1) is 0 Å². The van der Waals surface area contributed by atoms with E-state index in [1.807, 2.05) is 0 Å². The van der Waals surface area contributed by atoms with Gasteiger partial charge < -0.3 is 0 Å². The summed E-state index contributed by atoms with van der Waals surface area (Å²) in [5.41, 5.74) is 0. The minimum atomic E-state index is 1.21. The van der Waals surface area contributed by atoms with Crippen molar-refractivity contribution in [2.45, 2.75) is 31.8 Å². The molecule has 0 aromatic heterocycles. The Kier molecular flexibility index (Phi) is 8.09. The van der Waals surface area contributed by atoms with Crippen LogP contribution in [0.2, 0.25) is 5.09 Å². The van der Waals surface area contributed by atoms with Crippen molar-refractivity contribution in [3.05, 3.63) is 0 Å². The van der Waals surface area contributed by atoms with Crippen LogP contribution in [0.25, 0.3) is 0 Å². The predicted molar refractivity (Wildman–Crippen MR) is 47.6 cm³/mol. The summed E-state index contributed by atoms with van der Waals surface area (Å²) in [6.07, 6.45) is 2.76. The van der Waals surface area contributed by atoms with Crippen LogP contribution in [-0.2, 0) is 0 Å². The Balaban J connectivity index is 3.09. The van der Waals surface area contributed by atoms with Crippen molar-refractivity contribution in [1.29, 1.82) is 0 Å². The van der Waals surface area contributed by atoms with Gasteiger partial charge in [0.15, 0.2) is 0 Å². The zero-order valence-corrected chi connectivity index (χ0v) is 7.69. The molecule has 0 aliphatic heterocycles. The van der Waals surface area contributed by atoms with E-state index in [1.165, 1.54) is 37.6 Å². The maximum atomic E-state index is 2.48. The first-order valence-corrected chi connectivity index (χ1v) is 4.57. The van der Waals surface area contributed by atoms with Gasteiger partial charge in [0.2, 0.25) is 0 Å². The topological polar surface area (TPSA) is 3.24 Å². The molecular weight excluding hydrogens is 117 g/mol. The molecule has 0 aromatic carbocycles. The van der Waals surface area contributed by atoms with Crippen LogP contribution < -0.4 is 0 Å². The number of hydrogen-bond acceptors (Lipinski definition) is 1. The first-order chi connectivity index (χ1) is 4.85. The van der Waals surface area contributed by atoms with E-state index in [1.54, 1.807) is 0 Å². The van der Waals surface area contributed by atoms with E-state index >= 15 is 0 Å². The van der Waals surface area contributed by atoms with Crippen LogP contribution in [0.15, 0.2) is 0 Å². The molecule has 0 heterocycles. The Morgan fingerprint density at radius 1 is 1.10 bits per heavy atom. The van der Waals surface area contributed by atoms with Crippen molar-refractivity contribution >= 4 is 17.7 Å². The zero-order valence-electron chi connectivity index (χ0n) is 7.69. The van der Waals surface area contributed by atoms with Crippen LogP contribution in [0.4, 0.5) is 0 Å². The molecule has 0 fully saturated rings. The van der Waals surface area contributed by atoms with Gasteiger partial charge in [-0.05, 0) is 0 Å². The van der Waals surface area contributed by atoms with Gasteiger partial charge in [0.25, 0.3) is 0 Å². The van der Waals surface area contributed by atoms with Crippen LogP contribution in [0.3, 0.4) is 0 Å². The van der Waals surface area contributed by atoms with Crippen molar-refractivity contribution in [2.24, 2.45) is 0 Å². The minimum absolute atomic E-state index is 1.21. The molecule has 0 radical (unpaired) electrons. The van der Waals surface area contributed by atoms with Crippen molar-refractivity contribution in [3.8, 4) is 0 Å². The normalized spacial score (nSPS) is 10.9. The number of nitrogens with zero attached hydrogens (tertiary/aromatic N) is 1. The fourth-order valence-corrected chi connectivity index (χ4v) is 1.13. The second-order valence-electron chi connectivity index (χ2n) is 2.73. The third kappa shape index (κ3) is 5.35. The summed E-state index contributed by atoms with van der Waals surface area (Å²) in [6, 6.07) is 0. The van der Waals surface area contributed by atoms with Gasteiger partial charge >= 0.3 is 74.0 Å². The second-order valence-corrected chi connectivity index (χ2v) is 2.73. The molecule has 0 bridgehead atoms. The quantitative estimate of drug-likeness (QED) is 0.396. The van der Waals surface area contributed by atoms with Crippen LogP contribution in [0.1, 0.15) is 26.7 Å². The Hall–Kier alpha value is 0.557. The molecule has 0 aromatic rings. The van der Waals surface area contributed by atoms with Crippen molar-refractivity contribution in [3.63, 3.8) is 0 Å². The molecule has 0 saturated carbocycles. The summed E-state index contributed by atoms with van der Waals surface area (Å²) in [6.45, 7) is 8.17. The van der Waals surface area contributed by atoms with Crippen LogP contribution in [0, 0.1) is 0 Å². The molecular formula is C8H18LiN. The van der Waals surface area contributed by atoms with Gasteiger partial charge in [-0.2, -0.15) is 0 Å². The molecule has 0 amide bonds. The summed E-state index contributed by atoms with van der Waals surface area (Å²) in [5.74, 6) is 0. The molecule has 56 valence electrons. The molecule has 0 rings (SSSR count). The fraction of sp³-hybridized carbons (Fsp3) is 1.00. The van der Waals surface area contributed by atoms with E-state index in [9.17, 15) is 0 Å². The summed E-state index contributed by atoms with van der Waals surface area (Å²) < 4.78 is 0. The molecule has 0 atom stereocenters. The molecule has 10 heavy (non-hydrogen) atoms. The Bertz CT molecular complexity index is 62.3. The molecule has 0 aliphatic carbocycles. The summed E-state index contributed by atoms with van der Waals surface area (Å²) in [5, 5.41) is 1.33. The van der Waals surface area contributed by atoms with Gasteiger partial charge in [-0.25, -0.2) is 0 Å². The third-order valence-corrected chi connectivity index (χ3v) is 1.97. The summed E-state index contributed by atoms with van der Waals surface area (Å²) in [7, 11) is 0. The standard InChI is InChI=1S/C8H18N.Li/c1-4-7-8-9(5-2)6-3;/h1,4-8H2,2-3H3;. The summed E-state index contributed by atoms with van der Waals surface area (Å²) >= 11 is 2.25. The Labute approximate surface area is 74.4 Å². The van der Waals surface area contributed by atoms with E-state index in [4.69, 9.17) is 0 Å². The van der Waals surface area contributed by atoms with E-state index in [0.717, 1.165) is 0 Å². The average Bonchev–Trinajstić information content (AvgIpc) is 1.99. The van der Waals surface area contributed by atoms with Crippen LogP contribution in [-0.4, -0.2) is 42.2 Å². The number of hydrogen-bond donors (Lipinski definition) is 0. The van der Waals surface area contributed by atoms with Crippen molar-refractivity contribution in [1.82, 2.24) is 4.90 Å². The molecule has 0 unspecified atom stereocenters. The number of unbranched alkanes of at least 4 members (excludes halogenated alkanes) is 1. The fourth-order valence-electron chi connectivity index (χ4n) is 1.13. The number of rotatable bonds is 6. The van der Waals surface area contributed by atoms with Crippen LogP contribution in [0.5, 0.6) is 0 Å². The van der Waals surface area contributed by atoms with Gasteiger partial charge in [0, 0.05) is 0 Å². The maximum absolute atomic E-state index is 2.48. The first-order valence-electron chi connectivity index (χ1n) is 4.57. The van der Waals surface area contributed by atoms with E-state index < -0.39 is 0 Å². The van der Waals surface area contributed by atoms with E-state index in [-0.39, 0.29) is 0 Å². The Morgan fingerprint density at radius 3 is 2.10 bits per heavy atom. The molecule has 0 spiro atoms. The SMILES string of the molecule is [Li][CH2]CCCN(CC)CC. The molecule has 0 aliphatic rings. The average molecular weight is 135 g/mol. The van der Waals surface area contributed by atoms with Crippen molar-refractivity contribution in [2.75, 3.05) is 19.6 Å². The monoisotopic (exact) mass is 135 g/mol. The molecule has 1 nitrogen and oxygen atoms in total. The van der Waals surface area contributed by atoms with Crippen molar-refractivity contribution < 1.29 is 0 Å². The molecule has 0 saturated heterocycles. The van der Waals surface area contributed by atoms with Gasteiger partial charge in [-0.15, -0.1) is 0 Å². The molecule has 2 heteroatoms. The predicted octanol–water partition coefficient (Wildman–Crippen LogP) is 1.70.